The maximum Gasteiger partial charge on any atom is 0.348 e. The zero-order valence-corrected chi connectivity index (χ0v) is 10.6. The maximum atomic E-state index is 14.0. The molecule has 0 atom stereocenters. The third-order valence-corrected chi connectivity index (χ3v) is 3.93. The van der Waals surface area contributed by atoms with Gasteiger partial charge >= 0.3 is 5.97 Å². The van der Waals surface area contributed by atoms with Crippen molar-refractivity contribution in [2.24, 2.45) is 0 Å². The van der Waals surface area contributed by atoms with Crippen molar-refractivity contribution in [1.82, 2.24) is 0 Å². The highest BCUT2D eigenvalue weighted by Crippen LogP contribution is 2.35. The molecule has 1 aromatic carbocycles. The third kappa shape index (κ3) is 1.85. The second-order valence-corrected chi connectivity index (χ2v) is 5.28. The molecule has 1 aromatic heterocycles. The highest BCUT2D eigenvalue weighted by Gasteiger charge is 2.20. The van der Waals surface area contributed by atoms with Crippen LogP contribution in [0.5, 0.6) is 0 Å². The summed E-state index contributed by atoms with van der Waals surface area (Å²) in [5.74, 6) is -1.90. The average molecular weight is 263 g/mol. The fraction of sp³-hybridized carbons (Fsp3) is 0.231. The topological polar surface area (TPSA) is 61.1 Å². The number of carboxylic acids is 1. The first-order valence-corrected chi connectivity index (χ1v) is 6.16. The first-order valence-electron chi connectivity index (χ1n) is 5.35. The van der Waals surface area contributed by atoms with Gasteiger partial charge < -0.3 is 5.11 Å². The molecule has 3 nitrogen and oxygen atoms in total. The minimum atomic E-state index is -1.30. The number of hydrogen-bond donors (Lipinski definition) is 1. The van der Waals surface area contributed by atoms with Crippen molar-refractivity contribution in [2.75, 3.05) is 0 Å². The van der Waals surface area contributed by atoms with Crippen molar-refractivity contribution in [3.63, 3.8) is 0 Å². The van der Waals surface area contributed by atoms with Crippen molar-refractivity contribution in [3.05, 3.63) is 34.0 Å². The monoisotopic (exact) mass is 263 g/mol. The molecule has 0 bridgehead atoms. The largest absolute Gasteiger partial charge is 0.477 e. The molecule has 0 aliphatic rings. The molecule has 5 heteroatoms. The molecule has 0 aliphatic heterocycles. The van der Waals surface area contributed by atoms with Crippen LogP contribution in [-0.2, 0) is 0 Å². The lowest BCUT2D eigenvalue weighted by atomic mass is 9.99. The fourth-order valence-electron chi connectivity index (χ4n) is 1.75. The van der Waals surface area contributed by atoms with Crippen molar-refractivity contribution in [1.29, 1.82) is 5.26 Å². The summed E-state index contributed by atoms with van der Waals surface area (Å²) in [6, 6.07) is 5.31. The first-order chi connectivity index (χ1) is 8.45. The normalized spacial score (nSPS) is 10.8. The number of hydrogen-bond acceptors (Lipinski definition) is 3. The van der Waals surface area contributed by atoms with Gasteiger partial charge in [-0.3, -0.25) is 0 Å². The fourth-order valence-corrected chi connectivity index (χ4v) is 2.71. The number of fused-ring (bicyclic) bond motifs is 1. The number of aromatic carboxylic acids is 1. The van der Waals surface area contributed by atoms with Gasteiger partial charge in [0.1, 0.15) is 10.9 Å². The quantitative estimate of drug-likeness (QED) is 0.897. The molecule has 1 N–H and O–H groups in total. The maximum absolute atomic E-state index is 14.0. The molecule has 0 spiro atoms. The summed E-state index contributed by atoms with van der Waals surface area (Å²) >= 11 is 0.807. The van der Waals surface area contributed by atoms with E-state index >= 15 is 0 Å². The smallest absolute Gasteiger partial charge is 0.348 e. The molecule has 2 rings (SSSR count). The van der Waals surface area contributed by atoms with E-state index in [0.29, 0.717) is 10.3 Å². The predicted octanol–water partition coefficient (Wildman–Crippen LogP) is 3.73. The number of nitrogens with zero attached hydrogens (tertiary/aromatic N) is 1. The third-order valence-electron chi connectivity index (χ3n) is 2.73. The van der Waals surface area contributed by atoms with Gasteiger partial charge in [-0.1, -0.05) is 13.8 Å². The zero-order valence-electron chi connectivity index (χ0n) is 9.82. The van der Waals surface area contributed by atoms with Gasteiger partial charge in [0.25, 0.3) is 0 Å². The highest BCUT2D eigenvalue weighted by atomic mass is 32.1. The van der Waals surface area contributed by atoms with E-state index in [-0.39, 0.29) is 16.2 Å². The van der Waals surface area contributed by atoms with Crippen LogP contribution in [0.1, 0.15) is 40.6 Å². The van der Waals surface area contributed by atoms with Gasteiger partial charge in [-0.15, -0.1) is 11.3 Å². The lowest BCUT2D eigenvalue weighted by Crippen LogP contribution is -1.94. The number of halogens is 1. The number of nitriles is 1. The summed E-state index contributed by atoms with van der Waals surface area (Å²) < 4.78 is 14.4. The molecule has 0 saturated carbocycles. The van der Waals surface area contributed by atoms with Gasteiger partial charge in [0.05, 0.1) is 10.3 Å². The van der Waals surface area contributed by atoms with Crippen LogP contribution in [-0.4, -0.2) is 11.1 Å². The van der Waals surface area contributed by atoms with E-state index < -0.39 is 11.8 Å². The van der Waals surface area contributed by atoms with Crippen LogP contribution in [0.4, 0.5) is 4.39 Å². The van der Waals surface area contributed by atoms with E-state index in [1.165, 1.54) is 0 Å². The Balaban J connectivity index is 2.86. The lowest BCUT2D eigenvalue weighted by molar-refractivity contribution is 0.0698. The van der Waals surface area contributed by atoms with Gasteiger partial charge in [0, 0.05) is 5.39 Å². The lowest BCUT2D eigenvalue weighted by Gasteiger charge is -2.06. The Labute approximate surface area is 107 Å². The molecular weight excluding hydrogens is 253 g/mol. The van der Waals surface area contributed by atoms with Gasteiger partial charge in [-0.25, -0.2) is 9.18 Å². The molecule has 0 saturated heterocycles. The minimum absolute atomic E-state index is 0.147. The van der Waals surface area contributed by atoms with E-state index in [4.69, 9.17) is 10.4 Å². The number of carboxylic acid groups (broad SMARTS) is 1. The van der Waals surface area contributed by atoms with E-state index in [0.717, 1.165) is 16.9 Å². The Morgan fingerprint density at radius 2 is 2.17 bits per heavy atom. The number of thiophene rings is 1. The van der Waals surface area contributed by atoms with E-state index in [1.54, 1.807) is 12.1 Å². The minimum Gasteiger partial charge on any atom is -0.477 e. The van der Waals surface area contributed by atoms with Crippen LogP contribution in [0.3, 0.4) is 0 Å². The Kier molecular flexibility index (Phi) is 3.05. The molecule has 0 fully saturated rings. The summed E-state index contributed by atoms with van der Waals surface area (Å²) in [4.78, 5) is 10.6. The Morgan fingerprint density at radius 3 is 2.67 bits per heavy atom. The van der Waals surface area contributed by atoms with E-state index in [2.05, 4.69) is 0 Å². The molecule has 92 valence electrons. The molecule has 1 heterocycles. The van der Waals surface area contributed by atoms with Crippen LogP contribution in [0.2, 0.25) is 0 Å². The van der Waals surface area contributed by atoms with Crippen molar-refractivity contribution in [3.8, 4) is 6.07 Å². The number of rotatable bonds is 2. The standard InChI is InChI=1S/C13H10FNO2S/c1-6(2)7-3-8(5-15)11-9(4-7)10(14)12(18-11)13(16)17/h3-4,6H,1-2H3,(H,16,17). The summed E-state index contributed by atoms with van der Waals surface area (Å²) in [7, 11) is 0. The van der Waals surface area contributed by atoms with Crippen molar-refractivity contribution >= 4 is 27.4 Å². The molecule has 0 aliphatic carbocycles. The number of carbonyl (C=O) groups is 1. The van der Waals surface area contributed by atoms with E-state index in [1.807, 2.05) is 19.9 Å². The molecule has 0 radical (unpaired) electrons. The highest BCUT2D eigenvalue weighted by molar-refractivity contribution is 7.21. The van der Waals surface area contributed by atoms with E-state index in [9.17, 15) is 9.18 Å². The summed E-state index contributed by atoms with van der Waals surface area (Å²) in [5.41, 5.74) is 1.15. The second-order valence-electron chi connectivity index (χ2n) is 4.26. The van der Waals surface area contributed by atoms with Crippen LogP contribution in [0, 0.1) is 17.1 Å². The van der Waals surface area contributed by atoms with Gasteiger partial charge in [-0.05, 0) is 23.6 Å². The van der Waals surface area contributed by atoms with Crippen LogP contribution < -0.4 is 0 Å². The van der Waals surface area contributed by atoms with Crippen LogP contribution in [0.25, 0.3) is 10.1 Å². The zero-order chi connectivity index (χ0) is 13.4. The van der Waals surface area contributed by atoms with Crippen molar-refractivity contribution in [2.45, 2.75) is 19.8 Å². The summed E-state index contributed by atoms with van der Waals surface area (Å²) in [6.45, 7) is 3.87. The predicted molar refractivity (Wildman–Crippen MR) is 67.5 cm³/mol. The molecule has 0 unspecified atom stereocenters. The van der Waals surface area contributed by atoms with Gasteiger partial charge in [0.15, 0.2) is 5.82 Å². The Bertz CT molecular complexity index is 682. The Hall–Kier alpha value is -1.93. The van der Waals surface area contributed by atoms with Crippen molar-refractivity contribution < 1.29 is 14.3 Å². The first kappa shape index (κ1) is 12.5. The SMILES string of the molecule is CC(C)c1cc(C#N)c2sc(C(=O)O)c(F)c2c1. The Morgan fingerprint density at radius 1 is 1.50 bits per heavy atom. The summed E-state index contributed by atoms with van der Waals surface area (Å²) in [6.07, 6.45) is 0. The average Bonchev–Trinajstić information content (AvgIpc) is 2.66. The second kappa shape index (κ2) is 4.39. The van der Waals surface area contributed by atoms with Crippen LogP contribution in [0.15, 0.2) is 12.1 Å². The van der Waals surface area contributed by atoms with Gasteiger partial charge in [0.2, 0.25) is 0 Å². The molecular formula is C13H10FNO2S. The van der Waals surface area contributed by atoms with Gasteiger partial charge in [-0.2, -0.15) is 5.26 Å². The molecule has 2 aromatic rings. The molecule has 0 amide bonds. The number of benzene rings is 1. The molecule has 18 heavy (non-hydrogen) atoms. The van der Waals surface area contributed by atoms with Crippen LogP contribution >= 0.6 is 11.3 Å². The summed E-state index contributed by atoms with van der Waals surface area (Å²) in [5, 5.41) is 18.2.